The van der Waals surface area contributed by atoms with Crippen molar-refractivity contribution in [1.82, 2.24) is 4.98 Å². The van der Waals surface area contributed by atoms with Crippen LogP contribution in [-0.2, 0) is 4.74 Å². The predicted octanol–water partition coefficient (Wildman–Crippen LogP) is 6.65. The molecule has 2 aromatic carbocycles. The molecular formula is C25H29ClN2O3S. The van der Waals surface area contributed by atoms with Gasteiger partial charge in [0.05, 0.1) is 34.5 Å². The molecule has 170 valence electrons. The van der Waals surface area contributed by atoms with Crippen LogP contribution in [-0.4, -0.2) is 36.8 Å². The summed E-state index contributed by atoms with van der Waals surface area (Å²) in [6, 6.07) is 11.3. The first kappa shape index (κ1) is 23.0. The maximum atomic E-state index is 13.7. The Kier molecular flexibility index (Phi) is 7.66. The van der Waals surface area contributed by atoms with Crippen molar-refractivity contribution in [2.45, 2.75) is 52.1 Å². The summed E-state index contributed by atoms with van der Waals surface area (Å²) in [5, 5.41) is 1.30. The van der Waals surface area contributed by atoms with Crippen LogP contribution in [0.4, 0.5) is 5.13 Å². The largest absolute Gasteiger partial charge is 0.494 e. The van der Waals surface area contributed by atoms with Gasteiger partial charge >= 0.3 is 0 Å². The molecule has 0 saturated carbocycles. The van der Waals surface area contributed by atoms with Gasteiger partial charge in [0.15, 0.2) is 5.13 Å². The highest BCUT2D eigenvalue weighted by Gasteiger charge is 2.28. The molecule has 1 aromatic heterocycles. The van der Waals surface area contributed by atoms with E-state index in [-0.39, 0.29) is 12.0 Å². The molecule has 0 spiro atoms. The summed E-state index contributed by atoms with van der Waals surface area (Å²) in [4.78, 5) is 20.2. The van der Waals surface area contributed by atoms with E-state index in [0.29, 0.717) is 34.6 Å². The number of amides is 1. The van der Waals surface area contributed by atoms with Crippen molar-refractivity contribution < 1.29 is 14.3 Å². The van der Waals surface area contributed by atoms with Crippen LogP contribution in [0.3, 0.4) is 0 Å². The second-order valence-electron chi connectivity index (χ2n) is 8.17. The maximum absolute atomic E-state index is 13.7. The quantitative estimate of drug-likeness (QED) is 0.327. The van der Waals surface area contributed by atoms with Crippen molar-refractivity contribution in [2.24, 2.45) is 0 Å². The van der Waals surface area contributed by atoms with E-state index in [1.54, 1.807) is 4.90 Å². The lowest BCUT2D eigenvalue weighted by Crippen LogP contribution is -2.37. The molecular weight excluding hydrogens is 444 g/mol. The average molecular weight is 473 g/mol. The fourth-order valence-corrected chi connectivity index (χ4v) is 5.19. The molecule has 1 fully saturated rings. The summed E-state index contributed by atoms with van der Waals surface area (Å²) in [7, 11) is 0. The number of nitrogens with zero attached hydrogens (tertiary/aromatic N) is 2. The maximum Gasteiger partial charge on any atom is 0.260 e. The first-order valence-corrected chi connectivity index (χ1v) is 12.5. The highest BCUT2D eigenvalue weighted by Crippen LogP contribution is 2.36. The molecule has 4 rings (SSSR count). The molecule has 0 aliphatic carbocycles. The van der Waals surface area contributed by atoms with E-state index in [1.165, 1.54) is 11.3 Å². The Balaban J connectivity index is 1.63. The molecule has 1 unspecified atom stereocenters. The Hall–Kier alpha value is -2.15. The monoisotopic (exact) mass is 472 g/mol. The minimum absolute atomic E-state index is 0.0102. The molecule has 1 aliphatic heterocycles. The van der Waals surface area contributed by atoms with E-state index in [0.717, 1.165) is 54.5 Å². The molecule has 32 heavy (non-hydrogen) atoms. The van der Waals surface area contributed by atoms with Gasteiger partial charge in [0.1, 0.15) is 5.75 Å². The van der Waals surface area contributed by atoms with Crippen LogP contribution in [0.5, 0.6) is 5.75 Å². The third-order valence-corrected chi connectivity index (χ3v) is 7.21. The number of hydrogen-bond acceptors (Lipinski definition) is 5. The Morgan fingerprint density at radius 3 is 2.94 bits per heavy atom. The average Bonchev–Trinajstić information content (AvgIpc) is 3.48. The number of thiazole rings is 1. The van der Waals surface area contributed by atoms with Crippen LogP contribution in [0.2, 0.25) is 5.02 Å². The number of ether oxygens (including phenoxy) is 2. The number of unbranched alkanes of at least 4 members (excludes halogenated alkanes) is 2. The number of carbonyl (C=O) groups excluding carboxylic acids is 1. The van der Waals surface area contributed by atoms with Crippen molar-refractivity contribution in [3.63, 3.8) is 0 Å². The zero-order valence-electron chi connectivity index (χ0n) is 18.6. The molecule has 0 bridgehead atoms. The first-order valence-electron chi connectivity index (χ1n) is 11.3. The molecule has 1 saturated heterocycles. The number of rotatable bonds is 9. The van der Waals surface area contributed by atoms with Gasteiger partial charge in [-0.15, -0.1) is 0 Å². The first-order chi connectivity index (χ1) is 15.6. The van der Waals surface area contributed by atoms with Gasteiger partial charge in [0.2, 0.25) is 0 Å². The summed E-state index contributed by atoms with van der Waals surface area (Å²) >= 11 is 7.88. The van der Waals surface area contributed by atoms with Crippen LogP contribution < -0.4 is 9.64 Å². The molecule has 2 heterocycles. The Bertz CT molecular complexity index is 1040. The van der Waals surface area contributed by atoms with E-state index in [9.17, 15) is 4.79 Å². The summed E-state index contributed by atoms with van der Waals surface area (Å²) in [5.41, 5.74) is 2.47. The van der Waals surface area contributed by atoms with Gasteiger partial charge in [0.25, 0.3) is 5.91 Å². The zero-order valence-corrected chi connectivity index (χ0v) is 20.2. The lowest BCUT2D eigenvalue weighted by atomic mass is 10.1. The highest BCUT2D eigenvalue weighted by molar-refractivity contribution is 7.23. The number of carbonyl (C=O) groups is 1. The third-order valence-electron chi connectivity index (χ3n) is 5.67. The van der Waals surface area contributed by atoms with Crippen molar-refractivity contribution in [3.8, 4) is 5.75 Å². The van der Waals surface area contributed by atoms with Crippen LogP contribution in [0.25, 0.3) is 10.2 Å². The van der Waals surface area contributed by atoms with Gasteiger partial charge in [0, 0.05) is 12.2 Å². The fourth-order valence-electron chi connectivity index (χ4n) is 3.86. The SMILES string of the molecule is CCCCCOc1cccc(C(=O)N(CC2CCCO2)c2nc3c(C)ccc(Cl)c3s2)c1. The van der Waals surface area contributed by atoms with Gasteiger partial charge in [-0.1, -0.05) is 54.8 Å². The van der Waals surface area contributed by atoms with E-state index >= 15 is 0 Å². The normalized spacial score (nSPS) is 15.9. The van der Waals surface area contributed by atoms with Crippen LogP contribution in [0.15, 0.2) is 36.4 Å². The predicted molar refractivity (Wildman–Crippen MR) is 131 cm³/mol. The van der Waals surface area contributed by atoms with Gasteiger partial charge in [-0.05, 0) is 56.0 Å². The second-order valence-corrected chi connectivity index (χ2v) is 9.56. The summed E-state index contributed by atoms with van der Waals surface area (Å²) in [6.45, 7) is 6.03. The smallest absolute Gasteiger partial charge is 0.260 e. The van der Waals surface area contributed by atoms with Crippen molar-refractivity contribution in [2.75, 3.05) is 24.7 Å². The second kappa shape index (κ2) is 10.6. The summed E-state index contributed by atoms with van der Waals surface area (Å²) < 4.78 is 12.6. The standard InChI is InChI=1S/C25H29ClN2O3S/c1-3-4-5-13-30-19-9-6-8-18(15-19)24(29)28(16-20-10-7-14-31-20)25-27-22-17(2)11-12-21(26)23(22)32-25/h6,8-9,11-12,15,20H,3-5,7,10,13-14,16H2,1-2H3. The minimum atomic E-state index is -0.104. The molecule has 1 amide bonds. The van der Waals surface area contributed by atoms with E-state index in [2.05, 4.69) is 6.92 Å². The lowest BCUT2D eigenvalue weighted by molar-refractivity contribution is 0.0917. The van der Waals surface area contributed by atoms with Gasteiger partial charge in [-0.2, -0.15) is 0 Å². The zero-order chi connectivity index (χ0) is 22.5. The number of fused-ring (bicyclic) bond motifs is 1. The van der Waals surface area contributed by atoms with E-state index < -0.39 is 0 Å². The minimum Gasteiger partial charge on any atom is -0.494 e. The number of benzene rings is 2. The lowest BCUT2D eigenvalue weighted by Gasteiger charge is -2.23. The van der Waals surface area contributed by atoms with Crippen LogP contribution >= 0.6 is 22.9 Å². The van der Waals surface area contributed by atoms with Gasteiger partial charge < -0.3 is 9.47 Å². The van der Waals surface area contributed by atoms with Crippen LogP contribution in [0, 0.1) is 6.92 Å². The molecule has 0 N–H and O–H groups in total. The number of aromatic nitrogens is 1. The van der Waals surface area contributed by atoms with E-state index in [1.807, 2.05) is 43.3 Å². The number of halogens is 1. The van der Waals surface area contributed by atoms with E-state index in [4.69, 9.17) is 26.1 Å². The number of aryl methyl sites for hydroxylation is 1. The molecule has 3 aromatic rings. The summed E-state index contributed by atoms with van der Waals surface area (Å²) in [5.74, 6) is 0.611. The number of anilines is 1. The molecule has 0 radical (unpaired) electrons. The van der Waals surface area contributed by atoms with Gasteiger partial charge in [-0.3, -0.25) is 9.69 Å². The molecule has 5 nitrogen and oxygen atoms in total. The topological polar surface area (TPSA) is 51.7 Å². The van der Waals surface area contributed by atoms with Crippen LogP contribution in [0.1, 0.15) is 54.9 Å². The van der Waals surface area contributed by atoms with Crippen molar-refractivity contribution in [3.05, 3.63) is 52.5 Å². The Morgan fingerprint density at radius 2 is 2.19 bits per heavy atom. The molecule has 7 heteroatoms. The summed E-state index contributed by atoms with van der Waals surface area (Å²) in [6.07, 6.45) is 5.24. The number of hydrogen-bond donors (Lipinski definition) is 0. The highest BCUT2D eigenvalue weighted by atomic mass is 35.5. The molecule has 1 atom stereocenters. The van der Waals surface area contributed by atoms with Crippen molar-refractivity contribution >= 4 is 44.2 Å². The molecule has 1 aliphatic rings. The van der Waals surface area contributed by atoms with Crippen molar-refractivity contribution in [1.29, 1.82) is 0 Å². The Labute approximate surface area is 198 Å². The third kappa shape index (κ3) is 5.25. The Morgan fingerprint density at radius 1 is 1.31 bits per heavy atom. The van der Waals surface area contributed by atoms with Gasteiger partial charge in [-0.25, -0.2) is 4.98 Å². The fraction of sp³-hybridized carbons (Fsp3) is 0.440.